The van der Waals surface area contributed by atoms with Crippen molar-refractivity contribution in [3.8, 4) is 5.69 Å². The van der Waals surface area contributed by atoms with Crippen LogP contribution in [-0.2, 0) is 27.8 Å². The number of hydrogen-bond acceptors (Lipinski definition) is 5. The van der Waals surface area contributed by atoms with E-state index in [1.54, 1.807) is 35.3 Å². The molecule has 164 valence electrons. The number of carbonyl (C=O) groups excluding carboxylic acids is 1. The first-order chi connectivity index (χ1) is 14.9. The zero-order valence-electron chi connectivity index (χ0n) is 17.7. The van der Waals surface area contributed by atoms with Crippen LogP contribution in [-0.4, -0.2) is 46.5 Å². The fourth-order valence-electron chi connectivity index (χ4n) is 3.20. The molecule has 0 aliphatic rings. The Kier molecular flexibility index (Phi) is 7.54. The van der Waals surface area contributed by atoms with Crippen molar-refractivity contribution in [3.63, 3.8) is 0 Å². The third kappa shape index (κ3) is 5.77. The second kappa shape index (κ2) is 10.3. The Bertz CT molecular complexity index is 1080. The normalized spacial score (nSPS) is 11.6. The molecule has 0 saturated heterocycles. The molecule has 3 rings (SSSR count). The minimum atomic E-state index is -3.46. The van der Waals surface area contributed by atoms with Crippen LogP contribution in [0.1, 0.15) is 31.4 Å². The Balaban J connectivity index is 1.48. The maximum atomic E-state index is 12.5. The summed E-state index contributed by atoms with van der Waals surface area (Å²) in [6, 6.07) is 14.5. The summed E-state index contributed by atoms with van der Waals surface area (Å²) in [5.74, 6) is -0.0554. The lowest BCUT2D eigenvalue weighted by Gasteiger charge is -2.18. The van der Waals surface area contributed by atoms with E-state index in [1.165, 1.54) is 10.6 Å². The van der Waals surface area contributed by atoms with Gasteiger partial charge in [-0.25, -0.2) is 18.1 Å². The van der Waals surface area contributed by atoms with Crippen LogP contribution in [0.25, 0.3) is 5.69 Å². The average Bonchev–Trinajstić information content (AvgIpc) is 3.32. The highest BCUT2D eigenvalue weighted by atomic mass is 32.2. The molecule has 9 heteroatoms. The molecule has 0 bridgehead atoms. The fraction of sp³-hybridized carbons (Fsp3) is 0.318. The van der Waals surface area contributed by atoms with Gasteiger partial charge in [-0.3, -0.25) is 4.79 Å². The van der Waals surface area contributed by atoms with Crippen LogP contribution in [0.3, 0.4) is 0 Å². The molecule has 2 aromatic carbocycles. The van der Waals surface area contributed by atoms with Crippen LogP contribution < -0.4 is 5.32 Å². The molecule has 1 amide bonds. The van der Waals surface area contributed by atoms with E-state index >= 15 is 0 Å². The van der Waals surface area contributed by atoms with E-state index in [9.17, 15) is 13.2 Å². The molecule has 8 nitrogen and oxygen atoms in total. The van der Waals surface area contributed by atoms with Crippen LogP contribution >= 0.6 is 0 Å². The van der Waals surface area contributed by atoms with E-state index in [2.05, 4.69) is 15.4 Å². The minimum absolute atomic E-state index is 0.0554. The third-order valence-electron chi connectivity index (χ3n) is 5.02. The van der Waals surface area contributed by atoms with E-state index < -0.39 is 10.0 Å². The standard InChI is InChI=1S/C22H27N5O3S/c1-3-26(4-2)31(29,30)21-12-7-18(8-13-21)9-14-22(28)24-15-19-5-10-20(11-6-19)27-17-23-16-25-27/h5-8,10-13,16-17H,3-4,9,14-15H2,1-2H3,(H,24,28). The second-order valence-electron chi connectivity index (χ2n) is 7.02. The summed E-state index contributed by atoms with van der Waals surface area (Å²) < 4.78 is 28.2. The van der Waals surface area contributed by atoms with E-state index in [0.717, 1.165) is 16.8 Å². The Morgan fingerprint density at radius 1 is 1.00 bits per heavy atom. The molecule has 31 heavy (non-hydrogen) atoms. The van der Waals surface area contributed by atoms with Crippen LogP contribution in [0.4, 0.5) is 0 Å². The van der Waals surface area contributed by atoms with Gasteiger partial charge in [0.25, 0.3) is 0 Å². The maximum absolute atomic E-state index is 12.5. The largest absolute Gasteiger partial charge is 0.352 e. The molecule has 0 atom stereocenters. The Morgan fingerprint density at radius 3 is 2.23 bits per heavy atom. The Hall–Kier alpha value is -3.04. The van der Waals surface area contributed by atoms with Gasteiger partial charge in [0.2, 0.25) is 15.9 Å². The van der Waals surface area contributed by atoms with Crippen LogP contribution in [0.5, 0.6) is 0 Å². The van der Waals surface area contributed by atoms with Gasteiger partial charge in [0.05, 0.1) is 10.6 Å². The number of amides is 1. The van der Waals surface area contributed by atoms with E-state index in [0.29, 0.717) is 32.5 Å². The van der Waals surface area contributed by atoms with Crippen molar-refractivity contribution < 1.29 is 13.2 Å². The van der Waals surface area contributed by atoms with Crippen molar-refractivity contribution in [2.24, 2.45) is 0 Å². The van der Waals surface area contributed by atoms with Crippen molar-refractivity contribution >= 4 is 15.9 Å². The smallest absolute Gasteiger partial charge is 0.243 e. The summed E-state index contributed by atoms with van der Waals surface area (Å²) in [4.78, 5) is 16.4. The van der Waals surface area contributed by atoms with Gasteiger partial charge >= 0.3 is 0 Å². The van der Waals surface area contributed by atoms with Gasteiger partial charge in [-0.15, -0.1) is 0 Å². The summed E-state index contributed by atoms with van der Waals surface area (Å²) >= 11 is 0. The number of benzene rings is 2. The first kappa shape index (κ1) is 22.6. The van der Waals surface area contributed by atoms with Crippen molar-refractivity contribution in [1.82, 2.24) is 24.4 Å². The zero-order chi connectivity index (χ0) is 22.3. The first-order valence-electron chi connectivity index (χ1n) is 10.2. The fourth-order valence-corrected chi connectivity index (χ4v) is 4.65. The van der Waals surface area contributed by atoms with Gasteiger partial charge in [0.15, 0.2) is 0 Å². The molecule has 3 aromatic rings. The summed E-state index contributed by atoms with van der Waals surface area (Å²) in [5.41, 5.74) is 2.81. The molecule has 1 N–H and O–H groups in total. The van der Waals surface area contributed by atoms with Gasteiger partial charge in [-0.05, 0) is 41.8 Å². The third-order valence-corrected chi connectivity index (χ3v) is 7.08. The first-order valence-corrected chi connectivity index (χ1v) is 11.7. The summed E-state index contributed by atoms with van der Waals surface area (Å²) in [6.45, 7) is 4.95. The topological polar surface area (TPSA) is 97.2 Å². The van der Waals surface area contributed by atoms with Crippen molar-refractivity contribution in [1.29, 1.82) is 0 Å². The predicted octanol–water partition coefficient (Wildman–Crippen LogP) is 2.55. The SMILES string of the molecule is CCN(CC)S(=O)(=O)c1ccc(CCC(=O)NCc2ccc(-n3cncn3)cc2)cc1. The molecule has 0 fully saturated rings. The molecule has 0 saturated carbocycles. The highest BCUT2D eigenvalue weighted by Crippen LogP contribution is 2.17. The number of aryl methyl sites for hydroxylation is 1. The minimum Gasteiger partial charge on any atom is -0.352 e. The van der Waals surface area contributed by atoms with E-state index in [4.69, 9.17) is 0 Å². The molecule has 0 spiro atoms. The lowest BCUT2D eigenvalue weighted by Crippen LogP contribution is -2.30. The van der Waals surface area contributed by atoms with E-state index in [1.807, 2.05) is 38.1 Å². The van der Waals surface area contributed by atoms with Gasteiger partial charge < -0.3 is 5.32 Å². The number of aromatic nitrogens is 3. The molecule has 0 aliphatic carbocycles. The van der Waals surface area contributed by atoms with Crippen molar-refractivity contribution in [2.45, 2.75) is 38.1 Å². The number of nitrogens with one attached hydrogen (secondary N) is 1. The highest BCUT2D eigenvalue weighted by molar-refractivity contribution is 7.89. The summed E-state index contributed by atoms with van der Waals surface area (Å²) in [6.07, 6.45) is 3.98. The number of rotatable bonds is 10. The predicted molar refractivity (Wildman–Crippen MR) is 118 cm³/mol. The zero-order valence-corrected chi connectivity index (χ0v) is 18.5. The molecule has 1 heterocycles. The molecular weight excluding hydrogens is 414 g/mol. The van der Waals surface area contributed by atoms with Gasteiger partial charge in [-0.1, -0.05) is 38.1 Å². The van der Waals surface area contributed by atoms with Gasteiger partial charge in [0.1, 0.15) is 12.7 Å². The molecular formula is C22H27N5O3S. The Labute approximate surface area is 183 Å². The lowest BCUT2D eigenvalue weighted by molar-refractivity contribution is -0.121. The molecule has 0 radical (unpaired) electrons. The highest BCUT2D eigenvalue weighted by Gasteiger charge is 2.21. The van der Waals surface area contributed by atoms with Gasteiger partial charge in [0, 0.05) is 26.1 Å². The van der Waals surface area contributed by atoms with Crippen LogP contribution in [0.15, 0.2) is 66.1 Å². The number of carbonyl (C=O) groups is 1. The van der Waals surface area contributed by atoms with Crippen LogP contribution in [0.2, 0.25) is 0 Å². The number of hydrogen-bond donors (Lipinski definition) is 1. The van der Waals surface area contributed by atoms with E-state index in [-0.39, 0.29) is 10.8 Å². The molecule has 0 aliphatic heterocycles. The second-order valence-corrected chi connectivity index (χ2v) is 8.95. The van der Waals surface area contributed by atoms with Gasteiger partial charge in [-0.2, -0.15) is 9.40 Å². The summed E-state index contributed by atoms with van der Waals surface area (Å²) in [7, 11) is -3.46. The summed E-state index contributed by atoms with van der Waals surface area (Å²) in [5, 5.41) is 6.99. The number of sulfonamides is 1. The van der Waals surface area contributed by atoms with Crippen molar-refractivity contribution in [3.05, 3.63) is 72.3 Å². The quantitative estimate of drug-likeness (QED) is 0.521. The van der Waals surface area contributed by atoms with Crippen molar-refractivity contribution in [2.75, 3.05) is 13.1 Å². The number of nitrogens with zero attached hydrogens (tertiary/aromatic N) is 4. The maximum Gasteiger partial charge on any atom is 0.243 e. The molecule has 0 unspecified atom stereocenters. The lowest BCUT2D eigenvalue weighted by atomic mass is 10.1. The Morgan fingerprint density at radius 2 is 1.65 bits per heavy atom. The van der Waals surface area contributed by atoms with Crippen LogP contribution in [0, 0.1) is 0 Å². The molecule has 1 aromatic heterocycles. The average molecular weight is 442 g/mol. The monoisotopic (exact) mass is 441 g/mol.